The van der Waals surface area contributed by atoms with Gasteiger partial charge in [-0.3, -0.25) is 9.59 Å². The van der Waals surface area contributed by atoms with Gasteiger partial charge in [0.15, 0.2) is 23.1 Å². The van der Waals surface area contributed by atoms with Crippen LogP contribution in [0.5, 0.6) is 17.2 Å². The number of hydrogen-bond donors (Lipinski definition) is 0. The van der Waals surface area contributed by atoms with Gasteiger partial charge in [0.2, 0.25) is 0 Å². The van der Waals surface area contributed by atoms with Crippen molar-refractivity contribution in [2.45, 2.75) is 19.3 Å². The van der Waals surface area contributed by atoms with E-state index in [4.69, 9.17) is 14.2 Å². The van der Waals surface area contributed by atoms with Gasteiger partial charge in [0.1, 0.15) is 0 Å². The normalized spacial score (nSPS) is 10.2. The minimum Gasteiger partial charge on any atom is -0.493 e. The van der Waals surface area contributed by atoms with Crippen molar-refractivity contribution in [3.8, 4) is 17.2 Å². The van der Waals surface area contributed by atoms with Crippen LogP contribution in [-0.2, 0) is 9.59 Å². The number of rotatable bonds is 7. The Morgan fingerprint density at radius 3 is 2.24 bits per heavy atom. The number of carbonyl (C=O) groups excluding carboxylic acids is 2. The number of halogens is 2. The molecule has 0 radical (unpaired) electrons. The molecule has 0 amide bonds. The SMILES string of the molecule is COc1cc(Br)ccc1OC(=O)CCCC(=O)Oc1ccccc1F. The minimum absolute atomic E-state index is 0.0194. The van der Waals surface area contributed by atoms with E-state index in [9.17, 15) is 14.0 Å². The zero-order chi connectivity index (χ0) is 18.2. The molecule has 0 saturated heterocycles. The molecule has 7 heteroatoms. The van der Waals surface area contributed by atoms with Crippen molar-refractivity contribution in [3.05, 3.63) is 52.8 Å². The molecule has 0 aliphatic heterocycles. The Morgan fingerprint density at radius 2 is 1.60 bits per heavy atom. The maximum absolute atomic E-state index is 13.4. The van der Waals surface area contributed by atoms with E-state index >= 15 is 0 Å². The first-order valence-corrected chi connectivity index (χ1v) is 8.28. The molecular weight excluding hydrogens is 395 g/mol. The number of methoxy groups -OCH3 is 1. The third kappa shape index (κ3) is 5.86. The second-order valence-corrected chi connectivity index (χ2v) is 5.94. The summed E-state index contributed by atoms with van der Waals surface area (Å²) in [6, 6.07) is 10.6. The van der Waals surface area contributed by atoms with Crippen molar-refractivity contribution >= 4 is 27.9 Å². The maximum Gasteiger partial charge on any atom is 0.311 e. The number of hydrogen-bond acceptors (Lipinski definition) is 5. The number of carbonyl (C=O) groups is 2. The summed E-state index contributed by atoms with van der Waals surface area (Å²) in [5.74, 6) is -1.14. The van der Waals surface area contributed by atoms with Gasteiger partial charge in [-0.15, -0.1) is 0 Å². The Morgan fingerprint density at radius 1 is 0.960 bits per heavy atom. The molecule has 132 valence electrons. The van der Waals surface area contributed by atoms with Crippen LogP contribution in [0.3, 0.4) is 0 Å². The molecule has 0 N–H and O–H groups in total. The second-order valence-electron chi connectivity index (χ2n) is 5.03. The number of benzene rings is 2. The molecule has 0 heterocycles. The van der Waals surface area contributed by atoms with Gasteiger partial charge in [0, 0.05) is 17.3 Å². The quantitative estimate of drug-likeness (QED) is 0.503. The lowest BCUT2D eigenvalue weighted by Gasteiger charge is -2.09. The zero-order valence-electron chi connectivity index (χ0n) is 13.5. The lowest BCUT2D eigenvalue weighted by Crippen LogP contribution is -2.12. The monoisotopic (exact) mass is 410 g/mol. The van der Waals surface area contributed by atoms with Crippen molar-refractivity contribution in [1.82, 2.24) is 0 Å². The highest BCUT2D eigenvalue weighted by Crippen LogP contribution is 2.30. The van der Waals surface area contributed by atoms with E-state index in [1.54, 1.807) is 24.3 Å². The summed E-state index contributed by atoms with van der Waals surface area (Å²) >= 11 is 3.29. The molecule has 2 aromatic rings. The molecule has 2 rings (SSSR count). The van der Waals surface area contributed by atoms with Gasteiger partial charge in [-0.2, -0.15) is 0 Å². The van der Waals surface area contributed by atoms with Crippen LogP contribution in [0.25, 0.3) is 0 Å². The van der Waals surface area contributed by atoms with Crippen LogP contribution < -0.4 is 14.2 Å². The summed E-state index contributed by atoms with van der Waals surface area (Å²) in [5, 5.41) is 0. The molecule has 0 aliphatic rings. The van der Waals surface area contributed by atoms with Crippen LogP contribution in [0, 0.1) is 5.82 Å². The molecule has 0 saturated carbocycles. The predicted octanol–water partition coefficient (Wildman–Crippen LogP) is 4.28. The third-order valence-corrected chi connectivity index (χ3v) is 3.66. The second kappa shape index (κ2) is 9.17. The smallest absolute Gasteiger partial charge is 0.311 e. The minimum atomic E-state index is -0.613. The van der Waals surface area contributed by atoms with Gasteiger partial charge < -0.3 is 14.2 Å². The summed E-state index contributed by atoms with van der Waals surface area (Å²) < 4.78 is 29.4. The fraction of sp³-hybridized carbons (Fsp3) is 0.222. The van der Waals surface area contributed by atoms with Crippen LogP contribution >= 0.6 is 15.9 Å². The summed E-state index contributed by atoms with van der Waals surface area (Å²) in [4.78, 5) is 23.5. The lowest BCUT2D eigenvalue weighted by molar-refractivity contribution is -0.136. The first-order chi connectivity index (χ1) is 12.0. The van der Waals surface area contributed by atoms with Crippen molar-refractivity contribution in [2.75, 3.05) is 7.11 Å². The van der Waals surface area contributed by atoms with E-state index in [1.165, 1.54) is 25.3 Å². The molecule has 0 atom stereocenters. The average molecular weight is 411 g/mol. The molecule has 0 bridgehead atoms. The molecule has 0 aliphatic carbocycles. The fourth-order valence-electron chi connectivity index (χ4n) is 1.98. The van der Waals surface area contributed by atoms with Gasteiger partial charge >= 0.3 is 11.9 Å². The fourth-order valence-corrected chi connectivity index (χ4v) is 2.32. The highest BCUT2D eigenvalue weighted by atomic mass is 79.9. The first-order valence-electron chi connectivity index (χ1n) is 7.49. The van der Waals surface area contributed by atoms with E-state index in [1.807, 2.05) is 0 Å². The average Bonchev–Trinajstić information content (AvgIpc) is 2.58. The molecule has 2 aromatic carbocycles. The van der Waals surface area contributed by atoms with Crippen LogP contribution in [0.1, 0.15) is 19.3 Å². The van der Waals surface area contributed by atoms with E-state index in [0.29, 0.717) is 11.5 Å². The Bertz CT molecular complexity index is 763. The molecule has 25 heavy (non-hydrogen) atoms. The number of esters is 2. The maximum atomic E-state index is 13.4. The standard InChI is InChI=1S/C18H16BrFO5/c1-23-16-11-12(19)9-10-15(16)25-18(22)8-4-7-17(21)24-14-6-3-2-5-13(14)20/h2-3,5-6,9-11H,4,7-8H2,1H3. The molecular formula is C18H16BrFO5. The van der Waals surface area contributed by atoms with E-state index < -0.39 is 17.8 Å². The van der Waals surface area contributed by atoms with Crippen molar-refractivity contribution < 1.29 is 28.2 Å². The van der Waals surface area contributed by atoms with Gasteiger partial charge in [-0.25, -0.2) is 4.39 Å². The largest absolute Gasteiger partial charge is 0.493 e. The van der Waals surface area contributed by atoms with Gasteiger partial charge in [0.25, 0.3) is 0 Å². The molecule has 0 aromatic heterocycles. The van der Waals surface area contributed by atoms with Gasteiger partial charge in [-0.1, -0.05) is 28.1 Å². The molecule has 0 unspecified atom stereocenters. The zero-order valence-corrected chi connectivity index (χ0v) is 15.0. The topological polar surface area (TPSA) is 61.8 Å². The summed E-state index contributed by atoms with van der Waals surface area (Å²) in [6.07, 6.45) is 0.220. The number of para-hydroxylation sites is 1. The predicted molar refractivity (Wildman–Crippen MR) is 92.2 cm³/mol. The first kappa shape index (κ1) is 18.9. The molecule has 5 nitrogen and oxygen atoms in total. The van der Waals surface area contributed by atoms with E-state index in [0.717, 1.165) is 4.47 Å². The molecule has 0 fully saturated rings. The van der Waals surface area contributed by atoms with Crippen LogP contribution in [-0.4, -0.2) is 19.0 Å². The van der Waals surface area contributed by atoms with Crippen molar-refractivity contribution in [2.24, 2.45) is 0 Å². The third-order valence-electron chi connectivity index (χ3n) is 3.17. The van der Waals surface area contributed by atoms with Gasteiger partial charge in [-0.05, 0) is 36.8 Å². The summed E-state index contributed by atoms with van der Waals surface area (Å²) in [5.41, 5.74) is 0. The van der Waals surface area contributed by atoms with Crippen LogP contribution in [0.4, 0.5) is 4.39 Å². The van der Waals surface area contributed by atoms with Gasteiger partial charge in [0.05, 0.1) is 7.11 Å². The lowest BCUT2D eigenvalue weighted by atomic mass is 10.2. The Kier molecular flexibility index (Phi) is 6.94. The Balaban J connectivity index is 1.79. The highest BCUT2D eigenvalue weighted by molar-refractivity contribution is 9.10. The summed E-state index contributed by atoms with van der Waals surface area (Å²) in [7, 11) is 1.47. The van der Waals surface area contributed by atoms with Crippen molar-refractivity contribution in [1.29, 1.82) is 0 Å². The van der Waals surface area contributed by atoms with Crippen molar-refractivity contribution in [3.63, 3.8) is 0 Å². The highest BCUT2D eigenvalue weighted by Gasteiger charge is 2.13. The van der Waals surface area contributed by atoms with E-state index in [2.05, 4.69) is 15.9 Å². The Labute approximate surface area is 152 Å². The van der Waals surface area contributed by atoms with Crippen LogP contribution in [0.15, 0.2) is 46.9 Å². The Hall–Kier alpha value is -2.41. The summed E-state index contributed by atoms with van der Waals surface area (Å²) in [6.45, 7) is 0. The van der Waals surface area contributed by atoms with E-state index in [-0.39, 0.29) is 25.0 Å². The number of ether oxygens (including phenoxy) is 3. The molecule has 0 spiro atoms. The van der Waals surface area contributed by atoms with Crippen LogP contribution in [0.2, 0.25) is 0 Å².